The molecule has 0 aliphatic rings. The lowest BCUT2D eigenvalue weighted by Gasteiger charge is -2.08. The van der Waals surface area contributed by atoms with Gasteiger partial charge in [-0.2, -0.15) is 5.10 Å². The Bertz CT molecular complexity index is 1010. The summed E-state index contributed by atoms with van der Waals surface area (Å²) >= 11 is 0. The molecule has 1 amide bonds. The van der Waals surface area contributed by atoms with Gasteiger partial charge in [-0.15, -0.1) is 0 Å². The Balaban J connectivity index is 1.50. The van der Waals surface area contributed by atoms with Gasteiger partial charge in [0.05, 0.1) is 11.6 Å². The molecule has 2 aromatic heterocycles. The quantitative estimate of drug-likeness (QED) is 0.533. The summed E-state index contributed by atoms with van der Waals surface area (Å²) in [5.74, 6) is 0.497. The number of rotatable bonds is 4. The molecule has 0 bridgehead atoms. The molecule has 4 rings (SSSR count). The minimum atomic E-state index is -0.156. The molecule has 25 heavy (non-hydrogen) atoms. The van der Waals surface area contributed by atoms with Crippen molar-refractivity contribution in [3.8, 4) is 0 Å². The van der Waals surface area contributed by atoms with Crippen LogP contribution < -0.4 is 10.6 Å². The predicted molar refractivity (Wildman–Crippen MR) is 95.8 cm³/mol. The van der Waals surface area contributed by atoms with Crippen molar-refractivity contribution in [3.05, 3.63) is 72.7 Å². The Morgan fingerprint density at radius 2 is 1.72 bits per heavy atom. The molecule has 2 aromatic carbocycles. The van der Waals surface area contributed by atoms with Gasteiger partial charge in [0.15, 0.2) is 5.65 Å². The van der Waals surface area contributed by atoms with E-state index in [4.69, 9.17) is 0 Å². The fourth-order valence-corrected chi connectivity index (χ4v) is 2.43. The number of benzene rings is 2. The van der Waals surface area contributed by atoms with E-state index < -0.39 is 0 Å². The van der Waals surface area contributed by atoms with Crippen molar-refractivity contribution >= 4 is 34.1 Å². The number of nitrogens with zero attached hydrogens (tertiary/aromatic N) is 3. The molecular formula is C18H14N6O. The molecule has 0 saturated heterocycles. The third-order valence-corrected chi connectivity index (χ3v) is 3.69. The lowest BCUT2D eigenvalue weighted by molar-refractivity contribution is 0.102. The molecule has 122 valence electrons. The average Bonchev–Trinajstić information content (AvgIpc) is 3.13. The van der Waals surface area contributed by atoms with E-state index in [2.05, 4.69) is 30.8 Å². The van der Waals surface area contributed by atoms with E-state index in [0.717, 1.165) is 16.8 Å². The van der Waals surface area contributed by atoms with E-state index in [1.54, 1.807) is 18.3 Å². The number of anilines is 3. The zero-order valence-electron chi connectivity index (χ0n) is 13.1. The number of hydrogen-bond donors (Lipinski definition) is 3. The molecule has 2 heterocycles. The van der Waals surface area contributed by atoms with Gasteiger partial charge >= 0.3 is 0 Å². The van der Waals surface area contributed by atoms with Crippen molar-refractivity contribution in [2.24, 2.45) is 0 Å². The van der Waals surface area contributed by atoms with Gasteiger partial charge in [0.25, 0.3) is 5.91 Å². The van der Waals surface area contributed by atoms with Gasteiger partial charge in [-0.1, -0.05) is 18.2 Å². The maximum Gasteiger partial charge on any atom is 0.255 e. The monoisotopic (exact) mass is 330 g/mol. The molecule has 0 spiro atoms. The fourth-order valence-electron chi connectivity index (χ4n) is 2.43. The van der Waals surface area contributed by atoms with Gasteiger partial charge in [0.1, 0.15) is 12.1 Å². The first-order chi connectivity index (χ1) is 12.3. The maximum atomic E-state index is 12.3. The Kier molecular flexibility index (Phi) is 3.80. The number of amides is 1. The number of carbonyl (C=O) groups is 1. The fraction of sp³-hybridized carbons (Fsp3) is 0. The van der Waals surface area contributed by atoms with Crippen LogP contribution in [0.4, 0.5) is 17.2 Å². The Morgan fingerprint density at radius 3 is 2.52 bits per heavy atom. The lowest BCUT2D eigenvalue weighted by atomic mass is 10.2. The van der Waals surface area contributed by atoms with Gasteiger partial charge < -0.3 is 10.6 Å². The smallest absolute Gasteiger partial charge is 0.255 e. The predicted octanol–water partition coefficient (Wildman–Crippen LogP) is 3.35. The number of aromatic amines is 1. The summed E-state index contributed by atoms with van der Waals surface area (Å²) in [6.07, 6.45) is 3.13. The molecular weight excluding hydrogens is 316 g/mol. The van der Waals surface area contributed by atoms with Crippen LogP contribution in [0.3, 0.4) is 0 Å². The molecule has 0 fully saturated rings. The van der Waals surface area contributed by atoms with Crippen molar-refractivity contribution in [1.82, 2.24) is 20.2 Å². The van der Waals surface area contributed by atoms with Crippen LogP contribution in [0.5, 0.6) is 0 Å². The van der Waals surface area contributed by atoms with Gasteiger partial charge in [-0.25, -0.2) is 9.97 Å². The first-order valence-corrected chi connectivity index (χ1v) is 7.67. The van der Waals surface area contributed by atoms with Crippen LogP contribution in [0.25, 0.3) is 11.0 Å². The summed E-state index contributed by atoms with van der Waals surface area (Å²) in [5, 5.41) is 13.6. The maximum absolute atomic E-state index is 12.3. The van der Waals surface area contributed by atoms with E-state index in [1.807, 2.05) is 42.5 Å². The minimum Gasteiger partial charge on any atom is -0.340 e. The SMILES string of the molecule is O=C(Nc1ccccc1)c1ccc(Nc2ncnc3[nH]ncc23)cc1. The van der Waals surface area contributed by atoms with Crippen LogP contribution in [0, 0.1) is 0 Å². The second-order valence-electron chi connectivity index (χ2n) is 5.38. The topological polar surface area (TPSA) is 95.6 Å². The Hall–Kier alpha value is -3.74. The number of nitrogens with one attached hydrogen (secondary N) is 3. The molecule has 4 aromatic rings. The highest BCUT2D eigenvalue weighted by Gasteiger charge is 2.08. The van der Waals surface area contributed by atoms with E-state index in [1.165, 1.54) is 6.33 Å². The molecule has 7 nitrogen and oxygen atoms in total. The Morgan fingerprint density at radius 1 is 0.920 bits per heavy atom. The van der Waals surface area contributed by atoms with E-state index in [0.29, 0.717) is 17.0 Å². The summed E-state index contributed by atoms with van der Waals surface area (Å²) in [7, 11) is 0. The molecule has 0 radical (unpaired) electrons. The zero-order valence-corrected chi connectivity index (χ0v) is 13.1. The third-order valence-electron chi connectivity index (χ3n) is 3.69. The molecule has 0 unspecified atom stereocenters. The second kappa shape index (κ2) is 6.40. The highest BCUT2D eigenvalue weighted by molar-refractivity contribution is 6.04. The third kappa shape index (κ3) is 3.16. The van der Waals surface area contributed by atoms with Gasteiger partial charge in [0, 0.05) is 16.9 Å². The molecule has 0 aliphatic carbocycles. The van der Waals surface area contributed by atoms with Crippen molar-refractivity contribution < 1.29 is 4.79 Å². The van der Waals surface area contributed by atoms with E-state index in [-0.39, 0.29) is 5.91 Å². The van der Waals surface area contributed by atoms with Crippen molar-refractivity contribution in [1.29, 1.82) is 0 Å². The number of H-pyrrole nitrogens is 1. The first kappa shape index (κ1) is 14.8. The summed E-state index contributed by atoms with van der Waals surface area (Å²) < 4.78 is 0. The largest absolute Gasteiger partial charge is 0.340 e. The average molecular weight is 330 g/mol. The van der Waals surface area contributed by atoms with E-state index in [9.17, 15) is 4.79 Å². The standard InChI is InChI=1S/C18H14N6O/c25-18(23-13-4-2-1-3-5-13)12-6-8-14(9-7-12)22-16-15-10-21-24-17(15)20-11-19-16/h1-11H,(H,23,25)(H2,19,20,21,22,24). The van der Waals surface area contributed by atoms with Crippen molar-refractivity contribution in [3.63, 3.8) is 0 Å². The van der Waals surface area contributed by atoms with Gasteiger partial charge in [-0.3, -0.25) is 9.89 Å². The summed E-state index contributed by atoms with van der Waals surface area (Å²) in [5.41, 5.74) is 2.82. The molecule has 0 aliphatic heterocycles. The van der Waals surface area contributed by atoms with Crippen LogP contribution in [-0.2, 0) is 0 Å². The van der Waals surface area contributed by atoms with E-state index >= 15 is 0 Å². The number of carbonyl (C=O) groups excluding carboxylic acids is 1. The number of hydrogen-bond acceptors (Lipinski definition) is 5. The summed E-state index contributed by atoms with van der Waals surface area (Å²) in [6.45, 7) is 0. The van der Waals surface area contributed by atoms with Crippen molar-refractivity contribution in [2.75, 3.05) is 10.6 Å². The highest BCUT2D eigenvalue weighted by atomic mass is 16.1. The van der Waals surface area contributed by atoms with Crippen LogP contribution in [0.2, 0.25) is 0 Å². The Labute approximate surface area is 143 Å². The highest BCUT2D eigenvalue weighted by Crippen LogP contribution is 2.21. The van der Waals surface area contributed by atoms with Gasteiger partial charge in [-0.05, 0) is 36.4 Å². The van der Waals surface area contributed by atoms with Crippen molar-refractivity contribution in [2.45, 2.75) is 0 Å². The number of fused-ring (bicyclic) bond motifs is 1. The second-order valence-corrected chi connectivity index (χ2v) is 5.38. The zero-order chi connectivity index (χ0) is 17.1. The van der Waals surface area contributed by atoms with Crippen LogP contribution in [0.1, 0.15) is 10.4 Å². The number of para-hydroxylation sites is 1. The first-order valence-electron chi connectivity index (χ1n) is 7.67. The minimum absolute atomic E-state index is 0.156. The van der Waals surface area contributed by atoms with Crippen LogP contribution in [0.15, 0.2) is 67.1 Å². The molecule has 0 atom stereocenters. The van der Waals surface area contributed by atoms with Gasteiger partial charge in [0.2, 0.25) is 0 Å². The summed E-state index contributed by atoms with van der Waals surface area (Å²) in [6, 6.07) is 16.5. The normalized spacial score (nSPS) is 10.6. The molecule has 3 N–H and O–H groups in total. The van der Waals surface area contributed by atoms with Crippen LogP contribution in [-0.4, -0.2) is 26.1 Å². The molecule has 7 heteroatoms. The summed E-state index contributed by atoms with van der Waals surface area (Å²) in [4.78, 5) is 20.6. The molecule has 0 saturated carbocycles. The lowest BCUT2D eigenvalue weighted by Crippen LogP contribution is -2.11. The number of aromatic nitrogens is 4. The van der Waals surface area contributed by atoms with Crippen LogP contribution >= 0.6 is 0 Å².